The van der Waals surface area contributed by atoms with Crippen molar-refractivity contribution in [2.75, 3.05) is 44.3 Å². The molecule has 104 valence electrons. The Kier molecular flexibility index (Phi) is 3.86. The van der Waals surface area contributed by atoms with Gasteiger partial charge < -0.3 is 9.64 Å². The number of hydrogen-bond donors (Lipinski definition) is 0. The summed E-state index contributed by atoms with van der Waals surface area (Å²) in [6, 6.07) is 0.528. The maximum absolute atomic E-state index is 13.8. The van der Waals surface area contributed by atoms with Crippen molar-refractivity contribution in [1.82, 2.24) is 9.88 Å². The lowest BCUT2D eigenvalue weighted by Crippen LogP contribution is -2.50. The van der Waals surface area contributed by atoms with Gasteiger partial charge in [-0.3, -0.25) is 9.88 Å². The third-order valence-corrected chi connectivity index (χ3v) is 4.16. The third kappa shape index (κ3) is 2.68. The molecular formula is C13H17ClFN3O. The average Bonchev–Trinajstić information content (AvgIpc) is 2.93. The van der Waals surface area contributed by atoms with Gasteiger partial charge in [0, 0.05) is 45.0 Å². The maximum Gasteiger partial charge on any atom is 0.166 e. The fraction of sp³-hybridized carbons (Fsp3) is 0.615. The molecule has 0 spiro atoms. The summed E-state index contributed by atoms with van der Waals surface area (Å²) in [7, 11) is 0. The summed E-state index contributed by atoms with van der Waals surface area (Å²) in [5.74, 6) is -0.342. The summed E-state index contributed by atoms with van der Waals surface area (Å²) in [4.78, 5) is 8.19. The number of pyridine rings is 1. The molecule has 2 saturated heterocycles. The maximum atomic E-state index is 13.8. The second-order valence-corrected chi connectivity index (χ2v) is 5.40. The van der Waals surface area contributed by atoms with E-state index in [1.807, 2.05) is 4.90 Å². The Morgan fingerprint density at radius 2 is 2.05 bits per heavy atom. The molecule has 0 radical (unpaired) electrons. The summed E-state index contributed by atoms with van der Waals surface area (Å²) in [5.41, 5.74) is 0.485. The second kappa shape index (κ2) is 5.61. The van der Waals surface area contributed by atoms with Gasteiger partial charge in [0.25, 0.3) is 0 Å². The Morgan fingerprint density at radius 1 is 1.26 bits per heavy atom. The fourth-order valence-electron chi connectivity index (χ4n) is 2.83. The Hall–Kier alpha value is -0.910. The minimum atomic E-state index is -0.342. The number of piperazine rings is 1. The molecule has 0 saturated carbocycles. The molecule has 0 amide bonds. The van der Waals surface area contributed by atoms with Crippen molar-refractivity contribution in [1.29, 1.82) is 0 Å². The fourth-order valence-corrected chi connectivity index (χ4v) is 3.09. The van der Waals surface area contributed by atoms with Crippen LogP contribution in [0.15, 0.2) is 12.4 Å². The second-order valence-electron chi connectivity index (χ2n) is 4.99. The van der Waals surface area contributed by atoms with Gasteiger partial charge in [0.1, 0.15) is 0 Å². The number of anilines is 1. The van der Waals surface area contributed by atoms with Crippen molar-refractivity contribution < 1.29 is 9.13 Å². The van der Waals surface area contributed by atoms with E-state index in [0.29, 0.717) is 16.8 Å². The van der Waals surface area contributed by atoms with Crippen LogP contribution >= 0.6 is 11.6 Å². The minimum absolute atomic E-state index is 0.342. The van der Waals surface area contributed by atoms with Gasteiger partial charge in [-0.15, -0.1) is 0 Å². The third-order valence-electron chi connectivity index (χ3n) is 3.88. The first-order valence-electron chi connectivity index (χ1n) is 6.61. The molecule has 2 aliphatic rings. The molecule has 0 bridgehead atoms. The Balaban J connectivity index is 1.66. The van der Waals surface area contributed by atoms with Crippen LogP contribution in [-0.4, -0.2) is 55.3 Å². The van der Waals surface area contributed by atoms with Gasteiger partial charge >= 0.3 is 0 Å². The average molecular weight is 286 g/mol. The van der Waals surface area contributed by atoms with Crippen molar-refractivity contribution in [3.8, 4) is 0 Å². The highest BCUT2D eigenvalue weighted by Crippen LogP contribution is 2.29. The standard InChI is InChI=1S/C13H17ClFN3O/c14-11-7-16-8-12(15)13(11)18-4-2-17(3-5-18)10-1-6-19-9-10/h7-8,10H,1-6,9H2/t10-/m0/s1. The Bertz CT molecular complexity index is 425. The van der Waals surface area contributed by atoms with E-state index < -0.39 is 0 Å². The lowest BCUT2D eigenvalue weighted by atomic mass is 10.2. The van der Waals surface area contributed by atoms with E-state index in [-0.39, 0.29) is 5.82 Å². The van der Waals surface area contributed by atoms with Crippen LogP contribution in [0.25, 0.3) is 0 Å². The van der Waals surface area contributed by atoms with Gasteiger partial charge in [-0.2, -0.15) is 0 Å². The zero-order valence-electron chi connectivity index (χ0n) is 10.7. The molecule has 2 aliphatic heterocycles. The number of hydrogen-bond acceptors (Lipinski definition) is 4. The first kappa shape index (κ1) is 13.1. The van der Waals surface area contributed by atoms with Crippen molar-refractivity contribution >= 4 is 17.3 Å². The highest BCUT2D eigenvalue weighted by Gasteiger charge is 2.28. The lowest BCUT2D eigenvalue weighted by Gasteiger charge is -2.38. The lowest BCUT2D eigenvalue weighted by molar-refractivity contribution is 0.139. The quantitative estimate of drug-likeness (QED) is 0.828. The SMILES string of the molecule is Fc1cncc(Cl)c1N1CCN([C@H]2CCOC2)CC1. The van der Waals surface area contributed by atoms with Crippen LogP contribution in [0.3, 0.4) is 0 Å². The van der Waals surface area contributed by atoms with Crippen LogP contribution in [-0.2, 0) is 4.74 Å². The minimum Gasteiger partial charge on any atom is -0.380 e. The predicted molar refractivity (Wildman–Crippen MR) is 72.2 cm³/mol. The zero-order valence-corrected chi connectivity index (χ0v) is 11.4. The van der Waals surface area contributed by atoms with E-state index >= 15 is 0 Å². The Labute approximate surface area is 117 Å². The summed E-state index contributed by atoms with van der Waals surface area (Å²) in [5, 5.41) is 0.387. The normalized spacial score (nSPS) is 24.9. The highest BCUT2D eigenvalue weighted by atomic mass is 35.5. The molecule has 1 aromatic rings. The van der Waals surface area contributed by atoms with E-state index in [9.17, 15) is 4.39 Å². The molecule has 1 atom stereocenters. The van der Waals surface area contributed by atoms with Crippen LogP contribution in [0.4, 0.5) is 10.1 Å². The first-order valence-corrected chi connectivity index (χ1v) is 6.99. The van der Waals surface area contributed by atoms with E-state index in [4.69, 9.17) is 16.3 Å². The monoisotopic (exact) mass is 285 g/mol. The van der Waals surface area contributed by atoms with Gasteiger partial charge in [-0.05, 0) is 6.42 Å². The van der Waals surface area contributed by atoms with Gasteiger partial charge in [-0.25, -0.2) is 4.39 Å². The van der Waals surface area contributed by atoms with Crippen LogP contribution in [0.5, 0.6) is 0 Å². The number of aromatic nitrogens is 1. The van der Waals surface area contributed by atoms with Crippen molar-refractivity contribution in [2.45, 2.75) is 12.5 Å². The van der Waals surface area contributed by atoms with E-state index in [1.54, 1.807) is 0 Å². The van der Waals surface area contributed by atoms with Gasteiger partial charge in [-0.1, -0.05) is 11.6 Å². The summed E-state index contributed by atoms with van der Waals surface area (Å²) >= 11 is 6.05. The molecule has 0 aliphatic carbocycles. The molecule has 4 nitrogen and oxygen atoms in total. The largest absolute Gasteiger partial charge is 0.380 e. The van der Waals surface area contributed by atoms with Crippen LogP contribution in [0, 0.1) is 5.82 Å². The van der Waals surface area contributed by atoms with Crippen molar-refractivity contribution in [2.24, 2.45) is 0 Å². The molecular weight excluding hydrogens is 269 g/mol. The molecule has 0 unspecified atom stereocenters. The molecule has 0 N–H and O–H groups in total. The van der Waals surface area contributed by atoms with E-state index in [1.165, 1.54) is 12.4 Å². The van der Waals surface area contributed by atoms with E-state index in [0.717, 1.165) is 45.8 Å². The smallest absolute Gasteiger partial charge is 0.166 e. The molecule has 2 fully saturated rings. The number of nitrogens with zero attached hydrogens (tertiary/aromatic N) is 3. The number of halogens is 2. The number of ether oxygens (including phenoxy) is 1. The van der Waals surface area contributed by atoms with Crippen molar-refractivity contribution in [3.63, 3.8) is 0 Å². The summed E-state index contributed by atoms with van der Waals surface area (Å²) < 4.78 is 19.2. The molecule has 19 heavy (non-hydrogen) atoms. The summed E-state index contributed by atoms with van der Waals surface area (Å²) in [6.45, 7) is 5.10. The van der Waals surface area contributed by atoms with Gasteiger partial charge in [0.2, 0.25) is 0 Å². The predicted octanol–water partition coefficient (Wildman–Crippen LogP) is 1.79. The molecule has 6 heteroatoms. The number of rotatable bonds is 2. The highest BCUT2D eigenvalue weighted by molar-refractivity contribution is 6.33. The van der Waals surface area contributed by atoms with Gasteiger partial charge in [0.15, 0.2) is 5.82 Å². The molecule has 0 aromatic carbocycles. The summed E-state index contributed by atoms with van der Waals surface area (Å²) in [6.07, 6.45) is 3.82. The molecule has 3 heterocycles. The molecule has 3 rings (SSSR count). The van der Waals surface area contributed by atoms with Crippen molar-refractivity contribution in [3.05, 3.63) is 23.2 Å². The van der Waals surface area contributed by atoms with Gasteiger partial charge in [0.05, 0.1) is 23.5 Å². The van der Waals surface area contributed by atoms with Crippen LogP contribution in [0.2, 0.25) is 5.02 Å². The molecule has 1 aromatic heterocycles. The first-order chi connectivity index (χ1) is 9.25. The van der Waals surface area contributed by atoms with E-state index in [2.05, 4.69) is 9.88 Å². The van der Waals surface area contributed by atoms with Crippen LogP contribution < -0.4 is 4.90 Å². The Morgan fingerprint density at radius 3 is 2.68 bits per heavy atom. The zero-order chi connectivity index (χ0) is 13.2. The topological polar surface area (TPSA) is 28.6 Å². The van der Waals surface area contributed by atoms with Crippen LogP contribution in [0.1, 0.15) is 6.42 Å².